The van der Waals surface area contributed by atoms with Gasteiger partial charge in [-0.25, -0.2) is 4.98 Å². The Morgan fingerprint density at radius 2 is 1.95 bits per heavy atom. The van der Waals surface area contributed by atoms with E-state index in [1.54, 1.807) is 11.3 Å². The fourth-order valence-electron chi connectivity index (χ4n) is 2.05. The zero-order chi connectivity index (χ0) is 14.2. The molecule has 0 radical (unpaired) electrons. The third-order valence-corrected chi connectivity index (χ3v) is 4.57. The smallest absolute Gasteiger partial charge is 0.225 e. The fourth-order valence-corrected chi connectivity index (χ4v) is 2.92. The van der Waals surface area contributed by atoms with Crippen LogP contribution in [0.15, 0.2) is 6.07 Å². The first kappa shape index (κ1) is 14.1. The van der Waals surface area contributed by atoms with Crippen LogP contribution >= 0.6 is 11.3 Å². The van der Waals surface area contributed by atoms with Crippen molar-refractivity contribution in [3.05, 3.63) is 10.9 Å². The summed E-state index contributed by atoms with van der Waals surface area (Å²) in [6, 6.07) is 2.61. The van der Waals surface area contributed by atoms with E-state index in [9.17, 15) is 0 Å². The van der Waals surface area contributed by atoms with E-state index >= 15 is 0 Å². The van der Waals surface area contributed by atoms with Crippen LogP contribution in [0.5, 0.6) is 0 Å². The molecule has 0 aliphatic carbocycles. The molecule has 104 valence electrons. The Hall–Kier alpha value is -1.36. The summed E-state index contributed by atoms with van der Waals surface area (Å²) in [7, 11) is 3.97. The molecule has 0 spiro atoms. The molecule has 0 bridgehead atoms. The quantitative estimate of drug-likeness (QED) is 0.929. The van der Waals surface area contributed by atoms with Crippen molar-refractivity contribution >= 4 is 33.3 Å². The SMILES string of the molecule is CNc1nc(N(C)C(C)C(C)C)c2cc(C)sc2n1. The molecule has 0 fully saturated rings. The van der Waals surface area contributed by atoms with Gasteiger partial charge in [0.2, 0.25) is 5.95 Å². The highest BCUT2D eigenvalue weighted by Crippen LogP contribution is 2.32. The summed E-state index contributed by atoms with van der Waals surface area (Å²) in [6.45, 7) is 8.81. The van der Waals surface area contributed by atoms with Gasteiger partial charge in [-0.05, 0) is 25.8 Å². The van der Waals surface area contributed by atoms with E-state index in [-0.39, 0.29) is 0 Å². The van der Waals surface area contributed by atoms with E-state index in [1.807, 2.05) is 7.05 Å². The van der Waals surface area contributed by atoms with Crippen LogP contribution in [0.4, 0.5) is 11.8 Å². The second-order valence-electron chi connectivity index (χ2n) is 5.29. The number of rotatable bonds is 4. The van der Waals surface area contributed by atoms with Crippen LogP contribution in [0.25, 0.3) is 10.2 Å². The van der Waals surface area contributed by atoms with Crippen molar-refractivity contribution < 1.29 is 0 Å². The first-order chi connectivity index (χ1) is 8.93. The van der Waals surface area contributed by atoms with Crippen LogP contribution in [0, 0.1) is 12.8 Å². The number of thiophene rings is 1. The first-order valence-corrected chi connectivity index (χ1v) is 7.44. The van der Waals surface area contributed by atoms with E-state index in [4.69, 9.17) is 0 Å². The van der Waals surface area contributed by atoms with E-state index in [1.165, 1.54) is 4.88 Å². The van der Waals surface area contributed by atoms with Gasteiger partial charge in [0.25, 0.3) is 0 Å². The summed E-state index contributed by atoms with van der Waals surface area (Å²) in [6.07, 6.45) is 0. The third-order valence-electron chi connectivity index (χ3n) is 3.63. The lowest BCUT2D eigenvalue weighted by Gasteiger charge is -2.29. The predicted molar refractivity (Wildman–Crippen MR) is 84.4 cm³/mol. The van der Waals surface area contributed by atoms with Crippen molar-refractivity contribution in [1.82, 2.24) is 9.97 Å². The highest BCUT2D eigenvalue weighted by Gasteiger charge is 2.19. The Morgan fingerprint density at radius 3 is 2.53 bits per heavy atom. The number of nitrogens with zero attached hydrogens (tertiary/aromatic N) is 3. The maximum Gasteiger partial charge on any atom is 0.225 e. The van der Waals surface area contributed by atoms with Crippen molar-refractivity contribution in [2.75, 3.05) is 24.3 Å². The minimum atomic E-state index is 0.433. The molecule has 1 N–H and O–H groups in total. The monoisotopic (exact) mass is 278 g/mol. The second kappa shape index (κ2) is 5.33. The molecular formula is C14H22N4S. The van der Waals surface area contributed by atoms with Crippen molar-refractivity contribution in [2.24, 2.45) is 5.92 Å². The molecular weight excluding hydrogens is 256 g/mol. The summed E-state index contributed by atoms with van der Waals surface area (Å²) in [4.78, 5) is 13.7. The molecule has 2 rings (SSSR count). The molecule has 2 aromatic heterocycles. The van der Waals surface area contributed by atoms with Crippen LogP contribution in [0.3, 0.4) is 0 Å². The number of hydrogen-bond acceptors (Lipinski definition) is 5. The largest absolute Gasteiger partial charge is 0.357 e. The van der Waals surface area contributed by atoms with Crippen molar-refractivity contribution in [3.63, 3.8) is 0 Å². The van der Waals surface area contributed by atoms with Crippen LogP contribution in [0.2, 0.25) is 0 Å². The normalized spacial score (nSPS) is 13.0. The second-order valence-corrected chi connectivity index (χ2v) is 6.53. The van der Waals surface area contributed by atoms with Gasteiger partial charge in [-0.15, -0.1) is 11.3 Å². The molecule has 0 saturated carbocycles. The van der Waals surface area contributed by atoms with Gasteiger partial charge in [0.15, 0.2) is 0 Å². The summed E-state index contributed by atoms with van der Waals surface area (Å²) < 4.78 is 0. The Morgan fingerprint density at radius 1 is 1.26 bits per heavy atom. The number of aryl methyl sites for hydroxylation is 1. The van der Waals surface area contributed by atoms with Crippen molar-refractivity contribution in [3.8, 4) is 0 Å². The summed E-state index contributed by atoms with van der Waals surface area (Å²) in [5.41, 5.74) is 0. The number of anilines is 2. The minimum absolute atomic E-state index is 0.433. The van der Waals surface area contributed by atoms with Crippen LogP contribution < -0.4 is 10.2 Å². The molecule has 0 aromatic carbocycles. The molecule has 1 unspecified atom stereocenters. The van der Waals surface area contributed by atoms with Gasteiger partial charge in [0.1, 0.15) is 10.6 Å². The number of nitrogens with one attached hydrogen (secondary N) is 1. The Bertz CT molecular complexity index is 576. The Balaban J connectivity index is 2.56. The summed E-state index contributed by atoms with van der Waals surface area (Å²) in [5, 5.41) is 4.20. The molecule has 2 aromatic rings. The van der Waals surface area contributed by atoms with E-state index < -0.39 is 0 Å². The van der Waals surface area contributed by atoms with E-state index in [0.717, 1.165) is 16.0 Å². The average molecular weight is 278 g/mol. The zero-order valence-electron chi connectivity index (χ0n) is 12.5. The lowest BCUT2D eigenvalue weighted by atomic mass is 10.1. The van der Waals surface area contributed by atoms with Gasteiger partial charge in [0, 0.05) is 25.0 Å². The van der Waals surface area contributed by atoms with Crippen LogP contribution in [0.1, 0.15) is 25.6 Å². The standard InChI is InChI=1S/C14H22N4S/c1-8(2)10(4)18(6)12-11-7-9(3)19-13(11)17-14(15-5)16-12/h7-8,10H,1-6H3,(H,15,16,17). The highest BCUT2D eigenvalue weighted by atomic mass is 32.1. The van der Waals surface area contributed by atoms with Crippen LogP contribution in [-0.4, -0.2) is 30.1 Å². The van der Waals surface area contributed by atoms with Gasteiger partial charge in [0.05, 0.1) is 5.39 Å². The van der Waals surface area contributed by atoms with Crippen molar-refractivity contribution in [1.29, 1.82) is 0 Å². The highest BCUT2D eigenvalue weighted by molar-refractivity contribution is 7.18. The molecule has 1 atom stereocenters. The lowest BCUT2D eigenvalue weighted by Crippen LogP contribution is -2.34. The summed E-state index contributed by atoms with van der Waals surface area (Å²) in [5.74, 6) is 2.28. The average Bonchev–Trinajstić information content (AvgIpc) is 2.75. The van der Waals surface area contributed by atoms with E-state index in [2.05, 4.69) is 61.0 Å². The van der Waals surface area contributed by atoms with Gasteiger partial charge in [-0.3, -0.25) is 0 Å². The molecule has 0 aliphatic rings. The van der Waals surface area contributed by atoms with Gasteiger partial charge < -0.3 is 10.2 Å². The maximum atomic E-state index is 4.65. The topological polar surface area (TPSA) is 41.1 Å². The van der Waals surface area contributed by atoms with Gasteiger partial charge in [-0.2, -0.15) is 4.98 Å². The van der Waals surface area contributed by atoms with Crippen molar-refractivity contribution in [2.45, 2.75) is 33.7 Å². The molecule has 2 heterocycles. The van der Waals surface area contributed by atoms with E-state index in [0.29, 0.717) is 17.9 Å². The Labute approximate surface area is 118 Å². The Kier molecular flexibility index (Phi) is 3.94. The molecule has 0 saturated heterocycles. The molecule has 0 amide bonds. The number of aromatic nitrogens is 2. The van der Waals surface area contributed by atoms with Gasteiger partial charge >= 0.3 is 0 Å². The maximum absolute atomic E-state index is 4.65. The number of fused-ring (bicyclic) bond motifs is 1. The molecule has 19 heavy (non-hydrogen) atoms. The molecule has 5 heteroatoms. The fraction of sp³-hybridized carbons (Fsp3) is 0.571. The molecule has 4 nitrogen and oxygen atoms in total. The first-order valence-electron chi connectivity index (χ1n) is 6.62. The lowest BCUT2D eigenvalue weighted by molar-refractivity contribution is 0.503. The zero-order valence-corrected chi connectivity index (χ0v) is 13.3. The third kappa shape index (κ3) is 2.66. The molecule has 0 aliphatic heterocycles. The van der Waals surface area contributed by atoms with Gasteiger partial charge in [-0.1, -0.05) is 13.8 Å². The summed E-state index contributed by atoms with van der Waals surface area (Å²) >= 11 is 1.72. The number of hydrogen-bond donors (Lipinski definition) is 1. The predicted octanol–water partition coefficient (Wildman–Crippen LogP) is 3.52. The minimum Gasteiger partial charge on any atom is -0.357 e. The van der Waals surface area contributed by atoms with Crippen LogP contribution in [-0.2, 0) is 0 Å².